The van der Waals surface area contributed by atoms with Crippen LogP contribution in [-0.4, -0.2) is 30.3 Å². The fourth-order valence-electron chi connectivity index (χ4n) is 4.36. The van der Waals surface area contributed by atoms with Crippen molar-refractivity contribution in [3.63, 3.8) is 0 Å². The second-order valence-corrected chi connectivity index (χ2v) is 8.70. The zero-order valence-corrected chi connectivity index (χ0v) is 19.6. The molecule has 1 atom stereocenters. The van der Waals surface area contributed by atoms with Gasteiger partial charge in [-0.15, -0.1) is 0 Å². The van der Waals surface area contributed by atoms with Gasteiger partial charge >= 0.3 is 0 Å². The van der Waals surface area contributed by atoms with Crippen molar-refractivity contribution in [1.29, 1.82) is 0 Å². The number of anilines is 1. The molecule has 1 fully saturated rings. The molecule has 1 aliphatic rings. The topological polar surface area (TPSA) is 91.7 Å². The molecule has 0 aliphatic heterocycles. The predicted molar refractivity (Wildman–Crippen MR) is 129 cm³/mol. The van der Waals surface area contributed by atoms with Gasteiger partial charge in [-0.1, -0.05) is 31.4 Å². The van der Waals surface area contributed by atoms with E-state index in [9.17, 15) is 23.2 Å². The Morgan fingerprint density at radius 1 is 0.917 bits per heavy atom. The van der Waals surface area contributed by atoms with Crippen molar-refractivity contribution < 1.29 is 27.6 Å². The molecular weight excluding hydrogens is 468 g/mol. The number of halogens is 2. The van der Waals surface area contributed by atoms with Gasteiger partial charge in [-0.05, 0) is 66.9 Å². The Morgan fingerprint density at radius 2 is 1.56 bits per heavy atom. The van der Waals surface area contributed by atoms with Crippen LogP contribution in [0.25, 0.3) is 0 Å². The number of rotatable bonds is 8. The van der Waals surface area contributed by atoms with Crippen LogP contribution >= 0.6 is 0 Å². The van der Waals surface area contributed by atoms with Gasteiger partial charge in [-0.2, -0.15) is 0 Å². The number of nitrogens with zero attached hydrogens (tertiary/aromatic N) is 1. The van der Waals surface area contributed by atoms with Gasteiger partial charge in [-0.25, -0.2) is 8.78 Å². The van der Waals surface area contributed by atoms with Crippen LogP contribution in [0, 0.1) is 11.6 Å². The first kappa shape index (κ1) is 25.1. The Bertz CT molecular complexity index is 1170. The van der Waals surface area contributed by atoms with E-state index in [0.717, 1.165) is 32.1 Å². The van der Waals surface area contributed by atoms with E-state index in [0.29, 0.717) is 5.56 Å². The lowest BCUT2D eigenvalue weighted by Gasteiger charge is -2.33. The van der Waals surface area contributed by atoms with Gasteiger partial charge in [0, 0.05) is 11.7 Å². The zero-order valence-electron chi connectivity index (χ0n) is 19.6. The van der Waals surface area contributed by atoms with Gasteiger partial charge in [0.1, 0.15) is 17.7 Å². The molecule has 0 unspecified atom stereocenters. The van der Waals surface area contributed by atoms with Gasteiger partial charge < -0.3 is 15.1 Å². The Hall–Kier alpha value is -4.01. The molecule has 0 saturated heterocycles. The van der Waals surface area contributed by atoms with Crippen molar-refractivity contribution in [2.45, 2.75) is 44.2 Å². The summed E-state index contributed by atoms with van der Waals surface area (Å²) in [7, 11) is 0. The maximum atomic E-state index is 13.7. The molecule has 4 rings (SSSR count). The van der Waals surface area contributed by atoms with Gasteiger partial charge in [-0.3, -0.25) is 19.3 Å². The number of furan rings is 1. The summed E-state index contributed by atoms with van der Waals surface area (Å²) in [5.74, 6) is -2.63. The van der Waals surface area contributed by atoms with E-state index in [1.807, 2.05) is 0 Å². The third-order valence-electron chi connectivity index (χ3n) is 6.16. The normalized spacial score (nSPS) is 14.6. The summed E-state index contributed by atoms with van der Waals surface area (Å²) >= 11 is 0. The number of amides is 3. The molecule has 1 aromatic heterocycles. The predicted octanol–water partition coefficient (Wildman–Crippen LogP) is 4.51. The van der Waals surface area contributed by atoms with Gasteiger partial charge in [0.25, 0.3) is 5.91 Å². The highest BCUT2D eigenvalue weighted by molar-refractivity contribution is 6.04. The van der Waals surface area contributed by atoms with Crippen molar-refractivity contribution in [2.24, 2.45) is 0 Å². The molecule has 7 nitrogen and oxygen atoms in total. The third-order valence-corrected chi connectivity index (χ3v) is 6.16. The lowest BCUT2D eigenvalue weighted by atomic mass is 9.94. The smallest absolute Gasteiger partial charge is 0.287 e. The molecule has 1 saturated carbocycles. The van der Waals surface area contributed by atoms with E-state index < -0.39 is 41.9 Å². The summed E-state index contributed by atoms with van der Waals surface area (Å²) in [6.07, 6.45) is 6.07. The van der Waals surface area contributed by atoms with Crippen molar-refractivity contribution in [1.82, 2.24) is 10.6 Å². The number of nitrogens with one attached hydrogen (secondary N) is 2. The van der Waals surface area contributed by atoms with Gasteiger partial charge in [0.15, 0.2) is 5.76 Å². The number of carbonyl (C=O) groups excluding carboxylic acids is 3. The van der Waals surface area contributed by atoms with Crippen LogP contribution in [0.3, 0.4) is 0 Å². The molecule has 0 bridgehead atoms. The lowest BCUT2D eigenvalue weighted by Crippen LogP contribution is -2.49. The van der Waals surface area contributed by atoms with Gasteiger partial charge in [0.2, 0.25) is 11.8 Å². The van der Waals surface area contributed by atoms with Crippen LogP contribution in [0.1, 0.15) is 54.3 Å². The Kier molecular flexibility index (Phi) is 8.10. The van der Waals surface area contributed by atoms with Crippen molar-refractivity contribution in [3.05, 3.63) is 89.9 Å². The van der Waals surface area contributed by atoms with Crippen LogP contribution in [0.15, 0.2) is 71.3 Å². The zero-order chi connectivity index (χ0) is 25.5. The van der Waals surface area contributed by atoms with Crippen LogP contribution in [0.4, 0.5) is 14.5 Å². The molecule has 2 aromatic carbocycles. The molecule has 36 heavy (non-hydrogen) atoms. The van der Waals surface area contributed by atoms with Crippen LogP contribution in [-0.2, 0) is 9.59 Å². The minimum Gasteiger partial charge on any atom is -0.459 e. The molecule has 1 heterocycles. The first-order chi connectivity index (χ1) is 17.4. The fraction of sp³-hybridized carbons (Fsp3) is 0.296. The lowest BCUT2D eigenvalue weighted by molar-refractivity contribution is -0.127. The average molecular weight is 496 g/mol. The maximum absolute atomic E-state index is 13.7. The Balaban J connectivity index is 1.67. The number of hydrogen-bond acceptors (Lipinski definition) is 4. The van der Waals surface area contributed by atoms with E-state index in [4.69, 9.17) is 4.42 Å². The van der Waals surface area contributed by atoms with E-state index in [1.165, 1.54) is 65.8 Å². The van der Waals surface area contributed by atoms with Gasteiger partial charge in [0.05, 0.1) is 12.8 Å². The van der Waals surface area contributed by atoms with E-state index in [-0.39, 0.29) is 17.5 Å². The number of carbonyl (C=O) groups is 3. The number of benzene rings is 2. The second kappa shape index (κ2) is 11.6. The van der Waals surface area contributed by atoms with Crippen molar-refractivity contribution in [2.75, 3.05) is 11.4 Å². The van der Waals surface area contributed by atoms with Crippen molar-refractivity contribution >= 4 is 23.4 Å². The molecule has 9 heteroatoms. The minimum absolute atomic E-state index is 0.0289. The summed E-state index contributed by atoms with van der Waals surface area (Å²) < 4.78 is 32.5. The quantitative estimate of drug-likeness (QED) is 0.481. The maximum Gasteiger partial charge on any atom is 0.287 e. The Morgan fingerprint density at radius 3 is 2.17 bits per heavy atom. The highest BCUT2D eigenvalue weighted by atomic mass is 19.1. The molecule has 188 valence electrons. The molecule has 0 radical (unpaired) electrons. The van der Waals surface area contributed by atoms with E-state index in [1.54, 1.807) is 6.07 Å². The van der Waals surface area contributed by atoms with Crippen LogP contribution in [0.2, 0.25) is 0 Å². The standard InChI is InChI=1S/C27H27F2N3O4/c28-19-10-8-18(9-11-19)25(27(35)31-21-5-2-1-3-6-21)32(22-14-12-20(29)13-15-22)24(33)17-30-26(34)23-7-4-16-36-23/h4,7-16,21,25H,1-3,5-6,17H2,(H,30,34)(H,31,35)/t25-/m0/s1. The molecule has 0 spiro atoms. The molecule has 3 amide bonds. The summed E-state index contributed by atoms with van der Waals surface area (Å²) in [5.41, 5.74) is 0.626. The van der Waals surface area contributed by atoms with E-state index in [2.05, 4.69) is 10.6 Å². The second-order valence-electron chi connectivity index (χ2n) is 8.70. The SMILES string of the molecule is O=C(NCC(=O)N(c1ccc(F)cc1)[C@H](C(=O)NC1CCCCC1)c1ccc(F)cc1)c1ccco1. The average Bonchev–Trinajstić information content (AvgIpc) is 3.43. The molecular formula is C27H27F2N3O4. The summed E-state index contributed by atoms with van der Waals surface area (Å²) in [6, 6.07) is 12.2. The first-order valence-corrected chi connectivity index (χ1v) is 11.9. The minimum atomic E-state index is -1.17. The van der Waals surface area contributed by atoms with Crippen LogP contribution < -0.4 is 15.5 Å². The fourth-order valence-corrected chi connectivity index (χ4v) is 4.36. The monoisotopic (exact) mass is 495 g/mol. The third kappa shape index (κ3) is 6.16. The first-order valence-electron chi connectivity index (χ1n) is 11.9. The van der Waals surface area contributed by atoms with E-state index >= 15 is 0 Å². The molecule has 2 N–H and O–H groups in total. The summed E-state index contributed by atoms with van der Waals surface area (Å²) in [6.45, 7) is -0.453. The highest BCUT2D eigenvalue weighted by Gasteiger charge is 2.34. The highest BCUT2D eigenvalue weighted by Crippen LogP contribution is 2.29. The Labute approximate surface area is 207 Å². The largest absolute Gasteiger partial charge is 0.459 e. The molecule has 1 aliphatic carbocycles. The summed E-state index contributed by atoms with van der Waals surface area (Å²) in [4.78, 5) is 40.7. The molecule has 3 aromatic rings. The van der Waals surface area contributed by atoms with Crippen LogP contribution in [0.5, 0.6) is 0 Å². The summed E-state index contributed by atoms with van der Waals surface area (Å²) in [5, 5.41) is 5.53. The number of hydrogen-bond donors (Lipinski definition) is 2. The van der Waals surface area contributed by atoms with Crippen molar-refractivity contribution in [3.8, 4) is 0 Å².